The summed E-state index contributed by atoms with van der Waals surface area (Å²) in [6.07, 6.45) is 5.17. The van der Waals surface area contributed by atoms with Gasteiger partial charge in [-0.2, -0.15) is 0 Å². The first-order valence-corrected chi connectivity index (χ1v) is 6.10. The van der Waals surface area contributed by atoms with Crippen LogP contribution in [-0.4, -0.2) is 17.3 Å². The third-order valence-electron chi connectivity index (χ3n) is 3.57. The molecule has 0 radical (unpaired) electrons. The first-order chi connectivity index (χ1) is 8.17. The SMILES string of the molecule is Nc1c(F)cccc1NC1(CO)CCCCC1. The highest BCUT2D eigenvalue weighted by molar-refractivity contribution is 5.67. The lowest BCUT2D eigenvalue weighted by molar-refractivity contribution is 0.173. The van der Waals surface area contributed by atoms with Gasteiger partial charge in [0.2, 0.25) is 0 Å². The zero-order valence-corrected chi connectivity index (χ0v) is 9.88. The van der Waals surface area contributed by atoms with Gasteiger partial charge in [0, 0.05) is 0 Å². The Labute approximate surface area is 101 Å². The van der Waals surface area contributed by atoms with E-state index in [1.807, 2.05) is 0 Å². The highest BCUT2D eigenvalue weighted by Crippen LogP contribution is 2.33. The van der Waals surface area contributed by atoms with E-state index in [2.05, 4.69) is 5.32 Å². The lowest BCUT2D eigenvalue weighted by atomic mass is 9.82. The number of halogens is 1. The van der Waals surface area contributed by atoms with E-state index < -0.39 is 5.82 Å². The van der Waals surface area contributed by atoms with E-state index in [1.54, 1.807) is 12.1 Å². The number of anilines is 2. The summed E-state index contributed by atoms with van der Waals surface area (Å²) < 4.78 is 13.3. The van der Waals surface area contributed by atoms with Crippen molar-refractivity contribution in [2.45, 2.75) is 37.6 Å². The van der Waals surface area contributed by atoms with Gasteiger partial charge in [-0.05, 0) is 25.0 Å². The molecule has 0 saturated heterocycles. The highest BCUT2D eigenvalue weighted by atomic mass is 19.1. The van der Waals surface area contributed by atoms with Crippen molar-refractivity contribution >= 4 is 11.4 Å². The molecule has 0 bridgehead atoms. The average Bonchev–Trinajstić information content (AvgIpc) is 2.36. The molecular formula is C13H19FN2O. The van der Waals surface area contributed by atoms with Crippen LogP contribution in [0, 0.1) is 5.82 Å². The van der Waals surface area contributed by atoms with Gasteiger partial charge >= 0.3 is 0 Å². The maximum Gasteiger partial charge on any atom is 0.148 e. The molecule has 1 aliphatic carbocycles. The summed E-state index contributed by atoms with van der Waals surface area (Å²) in [5, 5.41) is 12.8. The molecule has 3 nitrogen and oxygen atoms in total. The Kier molecular flexibility index (Phi) is 3.52. The maximum atomic E-state index is 13.3. The van der Waals surface area contributed by atoms with Crippen LogP contribution >= 0.6 is 0 Å². The van der Waals surface area contributed by atoms with Crippen LogP contribution in [0.25, 0.3) is 0 Å². The topological polar surface area (TPSA) is 58.3 Å². The van der Waals surface area contributed by atoms with Crippen molar-refractivity contribution in [1.29, 1.82) is 0 Å². The monoisotopic (exact) mass is 238 g/mol. The molecule has 0 heterocycles. The van der Waals surface area contributed by atoms with E-state index in [9.17, 15) is 9.50 Å². The summed E-state index contributed by atoms with van der Waals surface area (Å²) in [7, 11) is 0. The van der Waals surface area contributed by atoms with Crippen molar-refractivity contribution in [1.82, 2.24) is 0 Å². The van der Waals surface area contributed by atoms with Crippen LogP contribution in [0.3, 0.4) is 0 Å². The molecule has 94 valence electrons. The number of benzene rings is 1. The van der Waals surface area contributed by atoms with E-state index in [4.69, 9.17) is 5.73 Å². The number of nitrogens with one attached hydrogen (secondary N) is 1. The number of hydrogen-bond acceptors (Lipinski definition) is 3. The molecule has 1 aromatic rings. The normalized spacial score (nSPS) is 18.9. The first kappa shape index (κ1) is 12.2. The second-order valence-electron chi connectivity index (χ2n) is 4.83. The van der Waals surface area contributed by atoms with E-state index in [0.29, 0.717) is 5.69 Å². The summed E-state index contributed by atoms with van der Waals surface area (Å²) in [5.74, 6) is -0.418. The molecular weight excluding hydrogens is 219 g/mol. The fraction of sp³-hybridized carbons (Fsp3) is 0.538. The molecule has 17 heavy (non-hydrogen) atoms. The van der Waals surface area contributed by atoms with E-state index in [1.165, 1.54) is 12.5 Å². The third kappa shape index (κ3) is 2.52. The van der Waals surface area contributed by atoms with E-state index >= 15 is 0 Å². The lowest BCUT2D eigenvalue weighted by Crippen LogP contribution is -2.44. The molecule has 1 aliphatic rings. The van der Waals surface area contributed by atoms with Crippen molar-refractivity contribution in [2.24, 2.45) is 0 Å². The van der Waals surface area contributed by atoms with E-state index in [0.717, 1.165) is 25.7 Å². The first-order valence-electron chi connectivity index (χ1n) is 6.10. The summed E-state index contributed by atoms with van der Waals surface area (Å²) in [6.45, 7) is 0.0585. The fourth-order valence-electron chi connectivity index (χ4n) is 2.48. The van der Waals surface area contributed by atoms with Gasteiger partial charge < -0.3 is 16.2 Å². The number of aliphatic hydroxyl groups excluding tert-OH is 1. The van der Waals surface area contributed by atoms with Crippen LogP contribution in [0.15, 0.2) is 18.2 Å². The van der Waals surface area contributed by atoms with Crippen molar-refractivity contribution in [3.63, 3.8) is 0 Å². The van der Waals surface area contributed by atoms with Gasteiger partial charge in [0.05, 0.1) is 23.5 Å². The Hall–Kier alpha value is -1.29. The standard InChI is InChI=1S/C13H19FN2O/c14-10-5-4-6-11(12(10)15)16-13(9-17)7-2-1-3-8-13/h4-6,16-17H,1-3,7-9,15H2. The fourth-order valence-corrected chi connectivity index (χ4v) is 2.48. The van der Waals surface area contributed by atoms with Gasteiger partial charge in [-0.25, -0.2) is 4.39 Å². The van der Waals surface area contributed by atoms with Gasteiger partial charge in [0.15, 0.2) is 0 Å². The minimum absolute atomic E-state index is 0.0585. The Morgan fingerprint density at radius 2 is 2.00 bits per heavy atom. The molecule has 0 spiro atoms. The zero-order valence-electron chi connectivity index (χ0n) is 9.88. The average molecular weight is 238 g/mol. The van der Waals surface area contributed by atoms with Crippen molar-refractivity contribution < 1.29 is 9.50 Å². The molecule has 0 aliphatic heterocycles. The Morgan fingerprint density at radius 3 is 2.65 bits per heavy atom. The number of nitrogens with two attached hydrogens (primary N) is 1. The van der Waals surface area contributed by atoms with E-state index in [-0.39, 0.29) is 17.8 Å². The zero-order chi connectivity index (χ0) is 12.3. The largest absolute Gasteiger partial charge is 0.395 e. The summed E-state index contributed by atoms with van der Waals surface area (Å²) in [5.41, 5.74) is 6.08. The minimum Gasteiger partial charge on any atom is -0.395 e. The molecule has 4 N–H and O–H groups in total. The predicted molar refractivity (Wildman–Crippen MR) is 67.3 cm³/mol. The van der Waals surface area contributed by atoms with Gasteiger partial charge in [-0.3, -0.25) is 0 Å². The van der Waals surface area contributed by atoms with Gasteiger partial charge in [-0.15, -0.1) is 0 Å². The van der Waals surface area contributed by atoms with Crippen LogP contribution in [0.1, 0.15) is 32.1 Å². The van der Waals surface area contributed by atoms with Crippen LogP contribution in [0.2, 0.25) is 0 Å². The molecule has 1 aromatic carbocycles. The summed E-state index contributed by atoms with van der Waals surface area (Å²) in [6, 6.07) is 4.72. The number of rotatable bonds is 3. The smallest absolute Gasteiger partial charge is 0.148 e. The molecule has 0 amide bonds. The second-order valence-corrected chi connectivity index (χ2v) is 4.83. The highest BCUT2D eigenvalue weighted by Gasteiger charge is 2.31. The van der Waals surface area contributed by atoms with Crippen molar-refractivity contribution in [2.75, 3.05) is 17.7 Å². The quantitative estimate of drug-likeness (QED) is 0.709. The molecule has 1 saturated carbocycles. The van der Waals surface area contributed by atoms with Crippen LogP contribution in [0.4, 0.5) is 15.8 Å². The molecule has 1 fully saturated rings. The van der Waals surface area contributed by atoms with Crippen molar-refractivity contribution in [3.05, 3.63) is 24.0 Å². The minimum atomic E-state index is -0.418. The summed E-state index contributed by atoms with van der Waals surface area (Å²) in [4.78, 5) is 0. The van der Waals surface area contributed by atoms with Crippen LogP contribution in [0.5, 0.6) is 0 Å². The number of hydrogen-bond donors (Lipinski definition) is 3. The predicted octanol–water partition coefficient (Wildman–Crippen LogP) is 2.52. The van der Waals surface area contributed by atoms with Crippen molar-refractivity contribution in [3.8, 4) is 0 Å². The molecule has 2 rings (SSSR count). The van der Waals surface area contributed by atoms with Gasteiger partial charge in [-0.1, -0.05) is 25.3 Å². The number of nitrogen functional groups attached to an aromatic ring is 1. The second kappa shape index (κ2) is 4.92. The molecule has 0 unspecified atom stereocenters. The molecule has 0 atom stereocenters. The molecule has 4 heteroatoms. The Bertz CT molecular complexity index is 389. The summed E-state index contributed by atoms with van der Waals surface area (Å²) >= 11 is 0. The Balaban J connectivity index is 2.20. The van der Waals surface area contributed by atoms with Gasteiger partial charge in [0.1, 0.15) is 5.82 Å². The van der Waals surface area contributed by atoms with Crippen LogP contribution < -0.4 is 11.1 Å². The molecule has 0 aromatic heterocycles. The Morgan fingerprint density at radius 1 is 1.29 bits per heavy atom. The maximum absolute atomic E-state index is 13.3. The number of aliphatic hydroxyl groups is 1. The number of para-hydroxylation sites is 1. The van der Waals surface area contributed by atoms with Gasteiger partial charge in [0.25, 0.3) is 0 Å². The van der Waals surface area contributed by atoms with Crippen LogP contribution in [-0.2, 0) is 0 Å². The third-order valence-corrected chi connectivity index (χ3v) is 3.57. The lowest BCUT2D eigenvalue weighted by Gasteiger charge is -2.37.